The maximum absolute atomic E-state index is 11.3. The van der Waals surface area contributed by atoms with Crippen LogP contribution in [0.4, 0.5) is 0 Å². The van der Waals surface area contributed by atoms with E-state index in [1.807, 2.05) is 20.8 Å². The first-order chi connectivity index (χ1) is 10.3. The summed E-state index contributed by atoms with van der Waals surface area (Å²) in [5, 5.41) is 0. The number of fused-ring (bicyclic) bond motifs is 1. The van der Waals surface area contributed by atoms with Gasteiger partial charge in [0.2, 0.25) is 0 Å². The van der Waals surface area contributed by atoms with Gasteiger partial charge in [-0.05, 0) is 63.6 Å². The molecule has 120 valence electrons. The maximum Gasteiger partial charge on any atom is 0.308 e. The highest BCUT2D eigenvalue weighted by Crippen LogP contribution is 2.44. The molecular formula is C18H24O4. The Morgan fingerprint density at radius 1 is 1.27 bits per heavy atom. The fourth-order valence-electron chi connectivity index (χ4n) is 3.12. The third kappa shape index (κ3) is 3.01. The molecule has 0 saturated carbocycles. The van der Waals surface area contributed by atoms with Crippen molar-refractivity contribution in [2.24, 2.45) is 0 Å². The van der Waals surface area contributed by atoms with Crippen molar-refractivity contribution in [2.75, 3.05) is 0 Å². The van der Waals surface area contributed by atoms with Crippen molar-refractivity contribution in [3.05, 3.63) is 22.3 Å². The zero-order valence-corrected chi connectivity index (χ0v) is 14.0. The lowest BCUT2D eigenvalue weighted by Gasteiger charge is -2.38. The van der Waals surface area contributed by atoms with Gasteiger partial charge in [0.25, 0.3) is 0 Å². The van der Waals surface area contributed by atoms with Crippen LogP contribution in [0.25, 0.3) is 0 Å². The smallest absolute Gasteiger partial charge is 0.308 e. The molecule has 1 aliphatic heterocycles. The average Bonchev–Trinajstić information content (AvgIpc) is 2.47. The van der Waals surface area contributed by atoms with Gasteiger partial charge in [-0.15, -0.1) is 0 Å². The summed E-state index contributed by atoms with van der Waals surface area (Å²) >= 11 is 0. The molecule has 0 fully saturated rings. The van der Waals surface area contributed by atoms with Crippen molar-refractivity contribution in [3.63, 3.8) is 0 Å². The molecular weight excluding hydrogens is 280 g/mol. The number of carbonyl (C=O) groups excluding carboxylic acids is 2. The van der Waals surface area contributed by atoms with Crippen LogP contribution in [0, 0.1) is 20.8 Å². The number of ether oxygens (including phenoxy) is 2. The highest BCUT2D eigenvalue weighted by molar-refractivity contribution is 5.72. The summed E-state index contributed by atoms with van der Waals surface area (Å²) in [5.74, 6) is 1.24. The van der Waals surface area contributed by atoms with E-state index in [1.54, 1.807) is 0 Å². The second-order valence-electron chi connectivity index (χ2n) is 6.36. The Morgan fingerprint density at radius 2 is 1.95 bits per heavy atom. The van der Waals surface area contributed by atoms with Gasteiger partial charge in [0.05, 0.1) is 0 Å². The van der Waals surface area contributed by atoms with E-state index in [9.17, 15) is 9.59 Å². The van der Waals surface area contributed by atoms with E-state index >= 15 is 0 Å². The maximum atomic E-state index is 11.3. The van der Waals surface area contributed by atoms with Crippen molar-refractivity contribution in [1.82, 2.24) is 0 Å². The largest absolute Gasteiger partial charge is 0.487 e. The normalized spacial score (nSPS) is 20.0. The van der Waals surface area contributed by atoms with E-state index < -0.39 is 0 Å². The fraction of sp³-hybridized carbons (Fsp3) is 0.556. The van der Waals surface area contributed by atoms with Crippen molar-refractivity contribution in [3.8, 4) is 11.5 Å². The quantitative estimate of drug-likeness (QED) is 0.484. The van der Waals surface area contributed by atoms with Crippen molar-refractivity contribution < 1.29 is 19.1 Å². The van der Waals surface area contributed by atoms with Gasteiger partial charge in [-0.3, -0.25) is 4.79 Å². The SMILES string of the molecule is CC(=O)Oc1c(C)c(C)c2c(c1C)CCC(C)(CCC=O)O2. The zero-order valence-electron chi connectivity index (χ0n) is 14.0. The number of benzene rings is 1. The molecule has 1 aromatic rings. The first-order valence-electron chi connectivity index (χ1n) is 7.73. The zero-order chi connectivity index (χ0) is 16.5. The monoisotopic (exact) mass is 304 g/mol. The number of hydrogen-bond donors (Lipinski definition) is 0. The van der Waals surface area contributed by atoms with E-state index in [1.165, 1.54) is 6.92 Å². The predicted octanol–water partition coefficient (Wildman–Crippen LogP) is 3.60. The summed E-state index contributed by atoms with van der Waals surface area (Å²) in [6.45, 7) is 9.39. The van der Waals surface area contributed by atoms with Gasteiger partial charge in [-0.1, -0.05) is 0 Å². The van der Waals surface area contributed by atoms with E-state index in [4.69, 9.17) is 9.47 Å². The lowest BCUT2D eigenvalue weighted by molar-refractivity contribution is -0.132. The van der Waals surface area contributed by atoms with Crippen LogP contribution in [0.5, 0.6) is 11.5 Å². The Labute approximate surface area is 131 Å². The number of rotatable bonds is 4. The average molecular weight is 304 g/mol. The fourth-order valence-corrected chi connectivity index (χ4v) is 3.12. The van der Waals surface area contributed by atoms with E-state index in [0.717, 1.165) is 53.6 Å². The molecule has 0 radical (unpaired) electrons. The molecule has 0 aromatic heterocycles. The Balaban J connectivity index is 2.45. The summed E-state index contributed by atoms with van der Waals surface area (Å²) < 4.78 is 11.7. The molecule has 0 saturated heterocycles. The van der Waals surface area contributed by atoms with Crippen LogP contribution in [-0.2, 0) is 16.0 Å². The highest BCUT2D eigenvalue weighted by atomic mass is 16.5. The van der Waals surface area contributed by atoms with Crippen LogP contribution in [0.15, 0.2) is 0 Å². The lowest BCUT2D eigenvalue weighted by atomic mass is 9.85. The molecule has 22 heavy (non-hydrogen) atoms. The minimum Gasteiger partial charge on any atom is -0.487 e. The Morgan fingerprint density at radius 3 is 2.55 bits per heavy atom. The Kier molecular flexibility index (Phi) is 4.59. The van der Waals surface area contributed by atoms with Crippen molar-refractivity contribution in [2.45, 2.75) is 65.9 Å². The molecule has 0 N–H and O–H groups in total. The molecule has 0 spiro atoms. The van der Waals surface area contributed by atoms with E-state index in [2.05, 4.69) is 6.92 Å². The molecule has 1 heterocycles. The molecule has 1 atom stereocenters. The van der Waals surface area contributed by atoms with Gasteiger partial charge in [0.1, 0.15) is 23.4 Å². The van der Waals surface area contributed by atoms with Gasteiger partial charge in [0, 0.05) is 18.9 Å². The minimum atomic E-state index is -0.307. The summed E-state index contributed by atoms with van der Waals surface area (Å²) in [5.41, 5.74) is 3.73. The lowest BCUT2D eigenvalue weighted by Crippen LogP contribution is -2.37. The van der Waals surface area contributed by atoms with Gasteiger partial charge >= 0.3 is 5.97 Å². The topological polar surface area (TPSA) is 52.6 Å². The van der Waals surface area contributed by atoms with Gasteiger partial charge in [-0.25, -0.2) is 0 Å². The van der Waals surface area contributed by atoms with Crippen LogP contribution in [0.3, 0.4) is 0 Å². The number of esters is 1. The summed E-state index contributed by atoms with van der Waals surface area (Å²) in [6.07, 6.45) is 3.90. The highest BCUT2D eigenvalue weighted by Gasteiger charge is 2.34. The van der Waals surface area contributed by atoms with Gasteiger partial charge in [0.15, 0.2) is 0 Å². The molecule has 0 bridgehead atoms. The molecule has 0 aliphatic carbocycles. The molecule has 2 rings (SSSR count). The van der Waals surface area contributed by atoms with E-state index in [0.29, 0.717) is 12.2 Å². The first-order valence-corrected chi connectivity index (χ1v) is 7.73. The van der Waals surface area contributed by atoms with Crippen LogP contribution in [0.2, 0.25) is 0 Å². The molecule has 1 unspecified atom stereocenters. The first kappa shape index (κ1) is 16.5. The predicted molar refractivity (Wildman–Crippen MR) is 84.6 cm³/mol. The van der Waals surface area contributed by atoms with Crippen molar-refractivity contribution >= 4 is 12.3 Å². The molecule has 4 heteroatoms. The third-order valence-electron chi connectivity index (χ3n) is 4.60. The van der Waals surface area contributed by atoms with Crippen LogP contribution in [0.1, 0.15) is 55.4 Å². The minimum absolute atomic E-state index is 0.305. The number of carbonyl (C=O) groups is 2. The second-order valence-corrected chi connectivity index (χ2v) is 6.36. The summed E-state index contributed by atoms with van der Waals surface area (Å²) in [6, 6.07) is 0. The number of aldehydes is 1. The van der Waals surface area contributed by atoms with Crippen molar-refractivity contribution in [1.29, 1.82) is 0 Å². The molecule has 1 aromatic carbocycles. The summed E-state index contributed by atoms with van der Waals surface area (Å²) in [7, 11) is 0. The van der Waals surface area contributed by atoms with Crippen LogP contribution >= 0.6 is 0 Å². The molecule has 4 nitrogen and oxygen atoms in total. The molecule has 0 amide bonds. The van der Waals surface area contributed by atoms with Crippen LogP contribution < -0.4 is 9.47 Å². The van der Waals surface area contributed by atoms with Gasteiger partial charge < -0.3 is 14.3 Å². The van der Waals surface area contributed by atoms with E-state index in [-0.39, 0.29) is 11.6 Å². The molecule has 1 aliphatic rings. The summed E-state index contributed by atoms with van der Waals surface area (Å²) in [4.78, 5) is 22.0. The second kappa shape index (κ2) is 6.11. The standard InChI is InChI=1S/C18H24O4/c1-11-12(2)17-15(13(3)16(11)21-14(4)20)7-9-18(5,22-17)8-6-10-19/h10H,6-9H2,1-5H3. The number of hydrogen-bond acceptors (Lipinski definition) is 4. The Bertz CT molecular complexity index is 618. The van der Waals surface area contributed by atoms with Gasteiger partial charge in [-0.2, -0.15) is 0 Å². The van der Waals surface area contributed by atoms with Crippen LogP contribution in [-0.4, -0.2) is 17.9 Å². The Hall–Kier alpha value is -1.84. The third-order valence-corrected chi connectivity index (χ3v) is 4.60.